The second kappa shape index (κ2) is 13.6. The summed E-state index contributed by atoms with van der Waals surface area (Å²) < 4.78 is 24.6. The average molecular weight is 611 g/mol. The van der Waals surface area contributed by atoms with Crippen molar-refractivity contribution in [3.05, 3.63) is 133 Å². The molecule has 9 heteroatoms. The molecule has 4 aromatic rings. The zero-order valence-electron chi connectivity index (χ0n) is 25.2. The highest BCUT2D eigenvalue weighted by atomic mass is 32.1. The fourth-order valence-electron chi connectivity index (χ4n) is 5.16. The van der Waals surface area contributed by atoms with Crippen LogP contribution in [0.15, 0.2) is 100 Å². The summed E-state index contributed by atoms with van der Waals surface area (Å²) in [6, 6.07) is 20.3. The zero-order valence-corrected chi connectivity index (χ0v) is 26.0. The number of fused-ring (bicyclic) bond motifs is 1. The highest BCUT2D eigenvalue weighted by Crippen LogP contribution is 2.37. The van der Waals surface area contributed by atoms with Crippen molar-refractivity contribution in [2.75, 3.05) is 20.8 Å². The van der Waals surface area contributed by atoms with E-state index in [2.05, 4.69) is 11.6 Å². The van der Waals surface area contributed by atoms with Crippen LogP contribution in [0.4, 0.5) is 0 Å². The Hall–Kier alpha value is -4.89. The Morgan fingerprint density at radius 1 is 1.05 bits per heavy atom. The number of methoxy groups -OCH3 is 2. The molecule has 0 saturated carbocycles. The first-order valence-electron chi connectivity index (χ1n) is 14.2. The summed E-state index contributed by atoms with van der Waals surface area (Å²) in [5, 5.41) is 0. The molecule has 1 aliphatic rings. The van der Waals surface area contributed by atoms with Crippen LogP contribution in [0.1, 0.15) is 42.1 Å². The summed E-state index contributed by atoms with van der Waals surface area (Å²) in [4.78, 5) is 32.5. The number of nitrogens with zero attached hydrogens (tertiary/aromatic N) is 2. The molecule has 3 aromatic carbocycles. The average Bonchev–Trinajstić information content (AvgIpc) is 3.34. The van der Waals surface area contributed by atoms with Crippen molar-refractivity contribution < 1.29 is 23.7 Å². The highest BCUT2D eigenvalue weighted by Gasteiger charge is 2.35. The number of aromatic nitrogens is 1. The molecule has 1 aromatic heterocycles. The molecule has 0 saturated heterocycles. The molecule has 0 spiro atoms. The van der Waals surface area contributed by atoms with Crippen LogP contribution < -0.4 is 29.1 Å². The van der Waals surface area contributed by atoms with E-state index in [4.69, 9.17) is 18.9 Å². The summed E-state index contributed by atoms with van der Waals surface area (Å²) in [5.74, 6) is 1.28. The quantitative estimate of drug-likeness (QED) is 0.173. The lowest BCUT2D eigenvalue weighted by atomic mass is 9.95. The minimum atomic E-state index is -0.807. The lowest BCUT2D eigenvalue weighted by molar-refractivity contribution is -0.139. The Kier molecular flexibility index (Phi) is 9.45. The highest BCUT2D eigenvalue weighted by molar-refractivity contribution is 7.07. The number of allylic oxidation sites excluding steroid dienone is 2. The van der Waals surface area contributed by atoms with Crippen LogP contribution in [0, 0.1) is 0 Å². The van der Waals surface area contributed by atoms with Crippen molar-refractivity contribution in [1.82, 2.24) is 4.57 Å². The van der Waals surface area contributed by atoms with Gasteiger partial charge < -0.3 is 18.9 Å². The monoisotopic (exact) mass is 610 g/mol. The van der Waals surface area contributed by atoms with Gasteiger partial charge in [0.25, 0.3) is 5.56 Å². The molecule has 0 radical (unpaired) electrons. The number of hydrogen-bond donors (Lipinski definition) is 0. The minimum absolute atomic E-state index is 0.185. The van der Waals surface area contributed by atoms with E-state index in [9.17, 15) is 9.59 Å². The molecule has 0 aliphatic carbocycles. The lowest BCUT2D eigenvalue weighted by Crippen LogP contribution is -2.40. The molecule has 0 unspecified atom stereocenters. The van der Waals surface area contributed by atoms with Crippen molar-refractivity contribution in [3.63, 3.8) is 0 Å². The molecule has 0 bridgehead atoms. The third-order valence-electron chi connectivity index (χ3n) is 7.24. The SMILES string of the molecule is C=CCc1cc(/C=c2/sc3n(c2=O)[C@@H](c2ccc(OC)cc2OC)C(C(=O)OCC)=C(C)N=3)ccc1OCc1ccccc1. The molecule has 226 valence electrons. The molecular weight excluding hydrogens is 576 g/mol. The predicted molar refractivity (Wildman–Crippen MR) is 171 cm³/mol. The Morgan fingerprint density at radius 2 is 1.84 bits per heavy atom. The first-order chi connectivity index (χ1) is 21.4. The molecule has 2 heterocycles. The fraction of sp³-hybridized carbons (Fsp3) is 0.229. The van der Waals surface area contributed by atoms with Gasteiger partial charge in [0.05, 0.1) is 36.6 Å². The molecule has 1 atom stereocenters. The molecule has 0 fully saturated rings. The Balaban J connectivity index is 1.60. The van der Waals surface area contributed by atoms with Crippen molar-refractivity contribution >= 4 is 23.4 Å². The zero-order chi connectivity index (χ0) is 31.2. The maximum atomic E-state index is 14.1. The van der Waals surface area contributed by atoms with Crippen LogP contribution in [0.2, 0.25) is 0 Å². The molecule has 44 heavy (non-hydrogen) atoms. The van der Waals surface area contributed by atoms with E-state index in [-0.39, 0.29) is 17.7 Å². The van der Waals surface area contributed by atoms with E-state index in [0.717, 1.165) is 22.4 Å². The largest absolute Gasteiger partial charge is 0.497 e. The summed E-state index contributed by atoms with van der Waals surface area (Å²) in [6.45, 7) is 8.02. The van der Waals surface area contributed by atoms with Gasteiger partial charge in [-0.3, -0.25) is 9.36 Å². The predicted octanol–water partition coefficient (Wildman–Crippen LogP) is 5.12. The van der Waals surface area contributed by atoms with Gasteiger partial charge in [0.2, 0.25) is 0 Å². The first kappa shape index (κ1) is 30.6. The summed E-state index contributed by atoms with van der Waals surface area (Å²) in [6.07, 6.45) is 4.26. The normalized spacial score (nSPS) is 14.5. The van der Waals surface area contributed by atoms with Crippen LogP contribution in [-0.4, -0.2) is 31.4 Å². The number of hydrogen-bond acceptors (Lipinski definition) is 8. The van der Waals surface area contributed by atoms with Gasteiger partial charge in [-0.1, -0.05) is 53.8 Å². The number of thiazole rings is 1. The number of benzene rings is 3. The standard InChI is InChI=1S/C35H34N2O6S/c1-6-11-25-18-24(14-17-28(25)43-21-23-12-9-8-10-13-23)19-30-33(38)37-32(27-16-15-26(40-4)20-29(27)41-5)31(34(39)42-7-2)22(3)36-35(37)44-30/h6,8-10,12-20,32H,1,7,11,21H2,2-5H3/b30-19+/t32-/m0/s1. The van der Waals surface area contributed by atoms with Crippen LogP contribution in [-0.2, 0) is 22.6 Å². The molecule has 8 nitrogen and oxygen atoms in total. The van der Waals surface area contributed by atoms with Crippen molar-refractivity contribution in [2.45, 2.75) is 32.9 Å². The van der Waals surface area contributed by atoms with Gasteiger partial charge in [0.15, 0.2) is 4.80 Å². The second-order valence-corrected chi connectivity index (χ2v) is 11.1. The number of carbonyl (C=O) groups excluding carboxylic acids is 1. The van der Waals surface area contributed by atoms with E-state index < -0.39 is 12.0 Å². The van der Waals surface area contributed by atoms with E-state index in [1.165, 1.54) is 18.4 Å². The van der Waals surface area contributed by atoms with Gasteiger partial charge in [0, 0.05) is 11.6 Å². The van der Waals surface area contributed by atoms with Crippen molar-refractivity contribution in [3.8, 4) is 17.2 Å². The smallest absolute Gasteiger partial charge is 0.338 e. The topological polar surface area (TPSA) is 88.4 Å². The van der Waals surface area contributed by atoms with Crippen LogP contribution in [0.3, 0.4) is 0 Å². The number of carbonyl (C=O) groups is 1. The van der Waals surface area contributed by atoms with Gasteiger partial charge in [0.1, 0.15) is 29.9 Å². The maximum absolute atomic E-state index is 14.1. The third kappa shape index (κ3) is 6.23. The molecule has 5 rings (SSSR count). The number of esters is 1. The van der Waals surface area contributed by atoms with E-state index in [0.29, 0.717) is 45.1 Å². The van der Waals surface area contributed by atoms with Crippen LogP contribution in [0.5, 0.6) is 17.2 Å². The fourth-order valence-corrected chi connectivity index (χ4v) is 6.21. The second-order valence-electron chi connectivity index (χ2n) is 10.0. The first-order valence-corrected chi connectivity index (χ1v) is 15.0. The van der Waals surface area contributed by atoms with Crippen LogP contribution >= 0.6 is 11.3 Å². The summed E-state index contributed by atoms with van der Waals surface area (Å²) in [7, 11) is 3.10. The van der Waals surface area contributed by atoms with Gasteiger partial charge in [-0.15, -0.1) is 6.58 Å². The molecular formula is C35H34N2O6S. The van der Waals surface area contributed by atoms with Crippen LogP contribution in [0.25, 0.3) is 6.08 Å². The molecule has 1 aliphatic heterocycles. The Labute approximate surface area is 259 Å². The van der Waals surface area contributed by atoms with Crippen molar-refractivity contribution in [1.29, 1.82) is 0 Å². The number of ether oxygens (including phenoxy) is 4. The Morgan fingerprint density at radius 3 is 2.55 bits per heavy atom. The molecule has 0 amide bonds. The third-order valence-corrected chi connectivity index (χ3v) is 8.22. The Bertz CT molecular complexity index is 1910. The summed E-state index contributed by atoms with van der Waals surface area (Å²) >= 11 is 1.26. The summed E-state index contributed by atoms with van der Waals surface area (Å²) in [5.41, 5.74) is 3.96. The van der Waals surface area contributed by atoms with E-state index >= 15 is 0 Å². The molecule has 0 N–H and O–H groups in total. The maximum Gasteiger partial charge on any atom is 0.338 e. The van der Waals surface area contributed by atoms with Gasteiger partial charge in [-0.25, -0.2) is 9.79 Å². The van der Waals surface area contributed by atoms with Gasteiger partial charge in [-0.05, 0) is 67.3 Å². The van der Waals surface area contributed by atoms with Gasteiger partial charge >= 0.3 is 5.97 Å². The van der Waals surface area contributed by atoms with Gasteiger partial charge in [-0.2, -0.15) is 0 Å². The van der Waals surface area contributed by atoms with E-state index in [1.54, 1.807) is 43.7 Å². The van der Waals surface area contributed by atoms with Crippen molar-refractivity contribution in [2.24, 2.45) is 4.99 Å². The minimum Gasteiger partial charge on any atom is -0.497 e. The lowest BCUT2D eigenvalue weighted by Gasteiger charge is -2.26. The van der Waals surface area contributed by atoms with E-state index in [1.807, 2.05) is 60.7 Å². The number of rotatable bonds is 11.